The van der Waals surface area contributed by atoms with Crippen molar-refractivity contribution in [1.82, 2.24) is 30.0 Å². The average molecular weight is 405 g/mol. The first kappa shape index (κ1) is 16.9. The third-order valence-electron chi connectivity index (χ3n) is 5.02. The molecule has 0 spiro atoms. The van der Waals surface area contributed by atoms with Gasteiger partial charge in [-0.3, -0.25) is 4.79 Å². The average Bonchev–Trinajstić information content (AvgIpc) is 3.10. The monoisotopic (exact) mass is 404 g/mol. The van der Waals surface area contributed by atoms with Gasteiger partial charge in [0.1, 0.15) is 0 Å². The zero-order chi connectivity index (χ0) is 18.4. The Morgan fingerprint density at radius 1 is 1.22 bits per heavy atom. The predicted octanol–water partition coefficient (Wildman–Crippen LogP) is 3.40. The molecule has 1 aliphatic heterocycles. The molecule has 3 aromatic heterocycles. The molecule has 2 fully saturated rings. The van der Waals surface area contributed by atoms with Gasteiger partial charge in [0.25, 0.3) is 11.8 Å². The molecule has 2 aliphatic rings. The molecule has 0 bridgehead atoms. The molecule has 10 heteroatoms. The topological polar surface area (TPSA) is 89.9 Å². The summed E-state index contributed by atoms with van der Waals surface area (Å²) in [6, 6.07) is 3.74. The summed E-state index contributed by atoms with van der Waals surface area (Å²) < 4.78 is 7.79. The summed E-state index contributed by atoms with van der Waals surface area (Å²) in [7, 11) is 0. The molecule has 8 nitrogen and oxygen atoms in total. The van der Waals surface area contributed by atoms with Crippen LogP contribution < -0.4 is 0 Å². The lowest BCUT2D eigenvalue weighted by atomic mass is 10.1. The summed E-state index contributed by atoms with van der Waals surface area (Å²) in [6.45, 7) is 1.36. The van der Waals surface area contributed by atoms with Crippen LogP contribution in [0.3, 0.4) is 0 Å². The Hall–Kier alpha value is -2.26. The molecule has 0 unspecified atom stereocenters. The fraction of sp³-hybridized carbons (Fsp3) is 0.471. The van der Waals surface area contributed by atoms with Crippen LogP contribution in [-0.2, 0) is 0 Å². The van der Waals surface area contributed by atoms with E-state index in [-0.39, 0.29) is 11.9 Å². The Morgan fingerprint density at radius 3 is 2.74 bits per heavy atom. The molecule has 4 heterocycles. The summed E-state index contributed by atoms with van der Waals surface area (Å²) in [5.41, 5.74) is 0.598. The second-order valence-corrected chi connectivity index (χ2v) is 8.66. The number of rotatable bonds is 4. The molecule has 1 amide bonds. The van der Waals surface area contributed by atoms with Gasteiger partial charge in [0.2, 0.25) is 0 Å². The van der Waals surface area contributed by atoms with Crippen LogP contribution in [0.4, 0.5) is 0 Å². The van der Waals surface area contributed by atoms with E-state index in [9.17, 15) is 4.79 Å². The van der Waals surface area contributed by atoms with Crippen molar-refractivity contribution in [1.29, 1.82) is 0 Å². The molecule has 1 saturated carbocycles. The Balaban J connectivity index is 1.23. The molecule has 27 heavy (non-hydrogen) atoms. The Morgan fingerprint density at radius 2 is 2.04 bits per heavy atom. The lowest BCUT2D eigenvalue weighted by Gasteiger charge is -2.31. The zero-order valence-electron chi connectivity index (χ0n) is 14.4. The molecule has 140 valence electrons. The maximum absolute atomic E-state index is 12.5. The van der Waals surface area contributed by atoms with Gasteiger partial charge in [-0.05, 0) is 37.8 Å². The highest BCUT2D eigenvalue weighted by Gasteiger charge is 2.30. The number of aromatic nitrogens is 5. The van der Waals surface area contributed by atoms with E-state index in [4.69, 9.17) is 16.1 Å². The highest BCUT2D eigenvalue weighted by molar-refractivity contribution is 7.17. The Bertz CT molecular complexity index is 970. The first-order valence-corrected chi connectivity index (χ1v) is 10.2. The minimum absolute atomic E-state index is 0.0445. The van der Waals surface area contributed by atoms with E-state index >= 15 is 0 Å². The fourth-order valence-corrected chi connectivity index (χ4v) is 4.33. The number of thiophene rings is 1. The van der Waals surface area contributed by atoms with Crippen LogP contribution in [0.1, 0.15) is 53.1 Å². The summed E-state index contributed by atoms with van der Waals surface area (Å²) >= 11 is 7.25. The molecule has 1 saturated heterocycles. The first-order chi connectivity index (χ1) is 13.2. The number of halogens is 1. The molecule has 0 radical (unpaired) electrons. The summed E-state index contributed by atoms with van der Waals surface area (Å²) in [5, 5.41) is 12.4. The van der Waals surface area contributed by atoms with Crippen molar-refractivity contribution in [2.75, 3.05) is 13.1 Å². The highest BCUT2D eigenvalue weighted by Crippen LogP contribution is 2.38. The van der Waals surface area contributed by atoms with Crippen molar-refractivity contribution < 1.29 is 9.32 Å². The zero-order valence-corrected chi connectivity index (χ0v) is 16.0. The SMILES string of the molecule is O=C(c1ccc(Cl)s1)N1CCC(n2cc(-c3nc(C4CC4)no3)nn2)CC1. The second-order valence-electron chi connectivity index (χ2n) is 6.94. The van der Waals surface area contributed by atoms with Crippen LogP contribution in [0.2, 0.25) is 4.34 Å². The quantitative estimate of drug-likeness (QED) is 0.662. The van der Waals surface area contributed by atoms with Gasteiger partial charge in [0.05, 0.1) is 21.5 Å². The summed E-state index contributed by atoms with van der Waals surface area (Å²) in [6.07, 6.45) is 5.75. The molecule has 0 aromatic carbocycles. The number of hydrogen-bond acceptors (Lipinski definition) is 7. The Kier molecular flexibility index (Phi) is 4.20. The number of likely N-dealkylation sites (tertiary alicyclic amines) is 1. The van der Waals surface area contributed by atoms with Gasteiger partial charge >= 0.3 is 0 Å². The molecule has 1 aliphatic carbocycles. The lowest BCUT2D eigenvalue weighted by molar-refractivity contribution is 0.0694. The van der Waals surface area contributed by atoms with Crippen LogP contribution in [0.25, 0.3) is 11.6 Å². The summed E-state index contributed by atoms with van der Waals surface area (Å²) in [4.78, 5) is 19.5. The maximum Gasteiger partial charge on any atom is 0.280 e. The number of amides is 1. The van der Waals surface area contributed by atoms with Gasteiger partial charge in [-0.2, -0.15) is 4.98 Å². The number of carbonyl (C=O) groups excluding carboxylic acids is 1. The summed E-state index contributed by atoms with van der Waals surface area (Å²) in [5.74, 6) is 1.67. The van der Waals surface area contributed by atoms with Crippen LogP contribution in [0.15, 0.2) is 22.9 Å². The molecule has 3 aromatic rings. The first-order valence-electron chi connectivity index (χ1n) is 8.98. The smallest absolute Gasteiger partial charge is 0.280 e. The van der Waals surface area contributed by atoms with Crippen LogP contribution >= 0.6 is 22.9 Å². The van der Waals surface area contributed by atoms with Crippen molar-refractivity contribution in [2.24, 2.45) is 0 Å². The van der Waals surface area contributed by atoms with Gasteiger partial charge in [0, 0.05) is 19.0 Å². The van der Waals surface area contributed by atoms with Crippen molar-refractivity contribution in [3.05, 3.63) is 33.4 Å². The third-order valence-corrected chi connectivity index (χ3v) is 6.24. The van der Waals surface area contributed by atoms with Gasteiger partial charge in [-0.15, -0.1) is 16.4 Å². The number of carbonyl (C=O) groups is 1. The number of hydrogen-bond donors (Lipinski definition) is 0. The van der Waals surface area contributed by atoms with E-state index in [1.807, 2.05) is 15.8 Å². The van der Waals surface area contributed by atoms with E-state index in [0.29, 0.717) is 39.8 Å². The molecule has 0 atom stereocenters. The Labute approximate surface area is 164 Å². The van der Waals surface area contributed by atoms with E-state index in [1.165, 1.54) is 11.3 Å². The van der Waals surface area contributed by atoms with Crippen LogP contribution in [0.5, 0.6) is 0 Å². The van der Waals surface area contributed by atoms with Gasteiger partial charge in [-0.1, -0.05) is 22.0 Å². The van der Waals surface area contributed by atoms with Crippen molar-refractivity contribution in [2.45, 2.75) is 37.6 Å². The van der Waals surface area contributed by atoms with Crippen LogP contribution in [-0.4, -0.2) is 49.0 Å². The molecule has 0 N–H and O–H groups in total. The minimum atomic E-state index is 0.0445. The van der Waals surface area contributed by atoms with Crippen LogP contribution in [0, 0.1) is 0 Å². The van der Waals surface area contributed by atoms with E-state index in [0.717, 1.165) is 31.5 Å². The number of nitrogens with zero attached hydrogens (tertiary/aromatic N) is 6. The van der Waals surface area contributed by atoms with E-state index in [2.05, 4.69) is 20.5 Å². The van der Waals surface area contributed by atoms with Crippen molar-refractivity contribution >= 4 is 28.8 Å². The predicted molar refractivity (Wildman–Crippen MR) is 98.8 cm³/mol. The largest absolute Gasteiger partial charge is 0.338 e. The van der Waals surface area contributed by atoms with Gasteiger partial charge in [-0.25, -0.2) is 4.68 Å². The normalized spacial score (nSPS) is 18.2. The molecular weight excluding hydrogens is 388 g/mol. The molecular formula is C17H17ClN6O2S. The van der Waals surface area contributed by atoms with Crippen molar-refractivity contribution in [3.8, 4) is 11.6 Å². The molecule has 5 rings (SSSR count). The van der Waals surface area contributed by atoms with E-state index in [1.54, 1.807) is 12.1 Å². The minimum Gasteiger partial charge on any atom is -0.338 e. The third kappa shape index (κ3) is 3.37. The van der Waals surface area contributed by atoms with Crippen molar-refractivity contribution in [3.63, 3.8) is 0 Å². The van der Waals surface area contributed by atoms with Gasteiger partial charge < -0.3 is 9.42 Å². The standard InChI is InChI=1S/C17H17ClN6O2S/c18-14-4-3-13(27-14)17(25)23-7-5-11(6-8-23)24-9-12(20-22-24)16-19-15(21-26-16)10-1-2-10/h3-4,9-11H,1-2,5-8H2. The van der Waals surface area contributed by atoms with Gasteiger partial charge in [0.15, 0.2) is 11.5 Å². The highest BCUT2D eigenvalue weighted by atomic mass is 35.5. The fourth-order valence-electron chi connectivity index (χ4n) is 3.32. The lowest BCUT2D eigenvalue weighted by Crippen LogP contribution is -2.38. The maximum atomic E-state index is 12.5. The second kappa shape index (κ2) is 6.72. The van der Waals surface area contributed by atoms with E-state index < -0.39 is 0 Å². The number of piperidine rings is 1.